The fourth-order valence-corrected chi connectivity index (χ4v) is 2.08. The van der Waals surface area contributed by atoms with Crippen molar-refractivity contribution in [2.75, 3.05) is 19.7 Å². The lowest BCUT2D eigenvalue weighted by molar-refractivity contribution is -0.0503. The first-order valence-electron chi connectivity index (χ1n) is 6.05. The first-order chi connectivity index (χ1) is 8.18. The van der Waals surface area contributed by atoms with E-state index in [1.807, 2.05) is 13.1 Å². The molecule has 94 valence electrons. The fraction of sp³-hybridized carbons (Fsp3) is 0.667. The van der Waals surface area contributed by atoms with Gasteiger partial charge >= 0.3 is 0 Å². The predicted molar refractivity (Wildman–Crippen MR) is 65.4 cm³/mol. The highest BCUT2D eigenvalue weighted by atomic mass is 16.5. The fourth-order valence-electron chi connectivity index (χ4n) is 2.08. The third-order valence-electron chi connectivity index (χ3n) is 3.27. The summed E-state index contributed by atoms with van der Waals surface area (Å²) in [7, 11) is 0. The number of rotatable bonds is 3. The van der Waals surface area contributed by atoms with Gasteiger partial charge in [0, 0.05) is 37.7 Å². The second-order valence-corrected chi connectivity index (χ2v) is 4.57. The van der Waals surface area contributed by atoms with Crippen molar-refractivity contribution in [2.45, 2.75) is 32.0 Å². The van der Waals surface area contributed by atoms with Gasteiger partial charge in [-0.15, -0.1) is 0 Å². The Kier molecular flexibility index (Phi) is 4.04. The average molecular weight is 236 g/mol. The summed E-state index contributed by atoms with van der Waals surface area (Å²) in [6, 6.07) is 0.320. The first kappa shape index (κ1) is 12.4. The minimum Gasteiger partial charge on any atom is -0.374 e. The smallest absolute Gasteiger partial charge is 0.0850 e. The molecule has 1 fully saturated rings. The van der Waals surface area contributed by atoms with Gasteiger partial charge < -0.3 is 10.5 Å². The molecule has 0 aromatic carbocycles. The molecule has 5 heteroatoms. The van der Waals surface area contributed by atoms with Crippen molar-refractivity contribution in [2.24, 2.45) is 5.73 Å². The second-order valence-electron chi connectivity index (χ2n) is 4.57. The SMILES string of the molecule is CC(N)C1CN(C(C)c2cnccn2)CCO1. The quantitative estimate of drug-likeness (QED) is 0.832. The van der Waals surface area contributed by atoms with Crippen molar-refractivity contribution in [3.8, 4) is 0 Å². The Morgan fingerprint density at radius 2 is 2.29 bits per heavy atom. The van der Waals surface area contributed by atoms with E-state index < -0.39 is 0 Å². The van der Waals surface area contributed by atoms with Crippen LogP contribution in [0.3, 0.4) is 0 Å². The highest BCUT2D eigenvalue weighted by Gasteiger charge is 2.27. The van der Waals surface area contributed by atoms with E-state index in [0.29, 0.717) is 0 Å². The molecule has 0 aliphatic carbocycles. The Bertz CT molecular complexity index is 344. The molecular weight excluding hydrogens is 216 g/mol. The van der Waals surface area contributed by atoms with Crippen molar-refractivity contribution < 1.29 is 4.74 Å². The lowest BCUT2D eigenvalue weighted by Crippen LogP contribution is -2.50. The number of morpholine rings is 1. The van der Waals surface area contributed by atoms with E-state index in [4.69, 9.17) is 10.5 Å². The van der Waals surface area contributed by atoms with Gasteiger partial charge in [-0.25, -0.2) is 0 Å². The van der Waals surface area contributed by atoms with Gasteiger partial charge in [0.05, 0.1) is 24.4 Å². The van der Waals surface area contributed by atoms with Crippen LogP contribution in [0, 0.1) is 0 Å². The molecule has 0 radical (unpaired) electrons. The topological polar surface area (TPSA) is 64.3 Å². The van der Waals surface area contributed by atoms with Gasteiger partial charge in [0.1, 0.15) is 0 Å². The van der Waals surface area contributed by atoms with Crippen molar-refractivity contribution in [1.82, 2.24) is 14.9 Å². The number of ether oxygens (including phenoxy) is 1. The van der Waals surface area contributed by atoms with Crippen molar-refractivity contribution >= 4 is 0 Å². The van der Waals surface area contributed by atoms with Crippen LogP contribution < -0.4 is 5.73 Å². The van der Waals surface area contributed by atoms with Crippen LogP contribution in [0.5, 0.6) is 0 Å². The molecule has 1 aromatic rings. The Morgan fingerprint density at radius 3 is 2.94 bits per heavy atom. The number of nitrogens with zero attached hydrogens (tertiary/aromatic N) is 3. The molecule has 1 aliphatic heterocycles. The van der Waals surface area contributed by atoms with Crippen molar-refractivity contribution in [1.29, 1.82) is 0 Å². The molecule has 3 unspecified atom stereocenters. The first-order valence-corrected chi connectivity index (χ1v) is 6.05. The normalized spacial score (nSPS) is 25.5. The van der Waals surface area contributed by atoms with E-state index in [2.05, 4.69) is 21.8 Å². The number of hydrogen-bond donors (Lipinski definition) is 1. The Labute approximate surface area is 102 Å². The maximum Gasteiger partial charge on any atom is 0.0850 e. The van der Waals surface area contributed by atoms with Gasteiger partial charge in [0.2, 0.25) is 0 Å². The average Bonchev–Trinajstić information content (AvgIpc) is 2.39. The Hall–Kier alpha value is -1.04. The maximum absolute atomic E-state index is 5.89. The number of hydrogen-bond acceptors (Lipinski definition) is 5. The monoisotopic (exact) mass is 236 g/mol. The zero-order valence-corrected chi connectivity index (χ0v) is 10.4. The third-order valence-corrected chi connectivity index (χ3v) is 3.27. The molecule has 0 spiro atoms. The highest BCUT2D eigenvalue weighted by Crippen LogP contribution is 2.20. The molecular formula is C12H20N4O. The van der Waals surface area contributed by atoms with Crippen LogP contribution in [0.2, 0.25) is 0 Å². The molecule has 5 nitrogen and oxygen atoms in total. The minimum absolute atomic E-state index is 0.0619. The van der Waals surface area contributed by atoms with Gasteiger partial charge in [0.15, 0.2) is 0 Å². The summed E-state index contributed by atoms with van der Waals surface area (Å²) in [5.74, 6) is 0. The van der Waals surface area contributed by atoms with Crippen molar-refractivity contribution in [3.63, 3.8) is 0 Å². The molecule has 0 amide bonds. The molecule has 1 aromatic heterocycles. The molecule has 3 atom stereocenters. The summed E-state index contributed by atoms with van der Waals surface area (Å²) in [5, 5.41) is 0. The van der Waals surface area contributed by atoms with E-state index in [1.54, 1.807) is 12.4 Å². The van der Waals surface area contributed by atoms with E-state index in [-0.39, 0.29) is 18.2 Å². The third kappa shape index (κ3) is 3.00. The van der Waals surface area contributed by atoms with Gasteiger partial charge in [-0.05, 0) is 13.8 Å². The van der Waals surface area contributed by atoms with E-state index in [0.717, 1.165) is 25.4 Å². The highest BCUT2D eigenvalue weighted by molar-refractivity contribution is 5.02. The molecule has 2 rings (SSSR count). The lowest BCUT2D eigenvalue weighted by Gasteiger charge is -2.37. The van der Waals surface area contributed by atoms with E-state index in [1.165, 1.54) is 0 Å². The number of nitrogens with two attached hydrogens (primary N) is 1. The van der Waals surface area contributed by atoms with Crippen LogP contribution in [0.1, 0.15) is 25.6 Å². The molecule has 2 heterocycles. The van der Waals surface area contributed by atoms with Gasteiger partial charge in [-0.3, -0.25) is 14.9 Å². The molecule has 2 N–H and O–H groups in total. The molecule has 1 saturated heterocycles. The van der Waals surface area contributed by atoms with Gasteiger partial charge in [0.25, 0.3) is 0 Å². The Morgan fingerprint density at radius 1 is 1.47 bits per heavy atom. The summed E-state index contributed by atoms with van der Waals surface area (Å²) in [5.41, 5.74) is 6.89. The van der Waals surface area contributed by atoms with Crippen LogP contribution in [0.25, 0.3) is 0 Å². The molecule has 1 aliphatic rings. The van der Waals surface area contributed by atoms with E-state index >= 15 is 0 Å². The van der Waals surface area contributed by atoms with E-state index in [9.17, 15) is 0 Å². The summed E-state index contributed by atoms with van der Waals surface area (Å²) in [6.07, 6.45) is 5.36. The molecule has 0 saturated carbocycles. The minimum atomic E-state index is 0.0619. The van der Waals surface area contributed by atoms with Gasteiger partial charge in [-0.1, -0.05) is 0 Å². The largest absolute Gasteiger partial charge is 0.374 e. The Balaban J connectivity index is 2.02. The standard InChI is InChI=1S/C12H20N4O/c1-9(13)12-8-16(5-6-17-12)10(2)11-7-14-3-4-15-11/h3-4,7,9-10,12H,5-6,8,13H2,1-2H3. The van der Waals surface area contributed by atoms with Crippen LogP contribution in [-0.2, 0) is 4.74 Å². The maximum atomic E-state index is 5.89. The zero-order chi connectivity index (χ0) is 12.3. The van der Waals surface area contributed by atoms with Crippen LogP contribution in [0.15, 0.2) is 18.6 Å². The summed E-state index contributed by atoms with van der Waals surface area (Å²) < 4.78 is 5.65. The van der Waals surface area contributed by atoms with Crippen LogP contribution in [0.4, 0.5) is 0 Å². The molecule has 17 heavy (non-hydrogen) atoms. The summed E-state index contributed by atoms with van der Waals surface area (Å²) in [6.45, 7) is 6.64. The predicted octanol–water partition coefficient (Wildman–Crippen LogP) is 0.586. The van der Waals surface area contributed by atoms with Gasteiger partial charge in [-0.2, -0.15) is 0 Å². The summed E-state index contributed by atoms with van der Waals surface area (Å²) in [4.78, 5) is 10.8. The number of aromatic nitrogens is 2. The molecule has 0 bridgehead atoms. The summed E-state index contributed by atoms with van der Waals surface area (Å²) >= 11 is 0. The zero-order valence-electron chi connectivity index (χ0n) is 10.4. The van der Waals surface area contributed by atoms with Crippen molar-refractivity contribution in [3.05, 3.63) is 24.3 Å². The van der Waals surface area contributed by atoms with Crippen LogP contribution in [-0.4, -0.2) is 46.7 Å². The second kappa shape index (κ2) is 5.53. The van der Waals surface area contributed by atoms with Crippen LogP contribution >= 0.6 is 0 Å². The lowest BCUT2D eigenvalue weighted by atomic mass is 10.1.